The zero-order valence-corrected chi connectivity index (χ0v) is 14.6. The van der Waals surface area contributed by atoms with Crippen molar-refractivity contribution in [2.45, 2.75) is 13.8 Å². The molecular weight excluding hydrogens is 360 g/mol. The van der Waals surface area contributed by atoms with E-state index in [1.54, 1.807) is 25.1 Å². The molecular formula is C16H13ClN6O3. The number of aromatic nitrogens is 4. The molecule has 26 heavy (non-hydrogen) atoms. The Morgan fingerprint density at radius 3 is 2.65 bits per heavy atom. The molecule has 0 saturated carbocycles. The van der Waals surface area contributed by atoms with Gasteiger partial charge in [0.2, 0.25) is 0 Å². The van der Waals surface area contributed by atoms with E-state index in [1.807, 2.05) is 6.92 Å². The lowest BCUT2D eigenvalue weighted by Gasteiger charge is -2.10. The van der Waals surface area contributed by atoms with E-state index >= 15 is 0 Å². The molecule has 3 aromatic rings. The molecule has 0 aliphatic carbocycles. The van der Waals surface area contributed by atoms with Gasteiger partial charge in [-0.05, 0) is 54.1 Å². The first-order valence-corrected chi connectivity index (χ1v) is 7.86. The van der Waals surface area contributed by atoms with Crippen LogP contribution in [0.15, 0.2) is 36.4 Å². The number of hydrogen-bond donors (Lipinski definition) is 1. The van der Waals surface area contributed by atoms with Gasteiger partial charge in [-0.2, -0.15) is 4.68 Å². The fourth-order valence-corrected chi connectivity index (χ4v) is 2.58. The third-order valence-electron chi connectivity index (χ3n) is 3.72. The van der Waals surface area contributed by atoms with Crippen molar-refractivity contribution in [1.82, 2.24) is 20.2 Å². The molecule has 0 aliphatic rings. The average molecular weight is 373 g/mol. The number of halogens is 1. The molecule has 0 aliphatic heterocycles. The summed E-state index contributed by atoms with van der Waals surface area (Å²) < 4.78 is 1.54. The number of nitro benzene ring substituents is 1. The third kappa shape index (κ3) is 3.38. The van der Waals surface area contributed by atoms with Gasteiger partial charge in [0.15, 0.2) is 5.82 Å². The van der Waals surface area contributed by atoms with Gasteiger partial charge in [0.25, 0.3) is 11.6 Å². The third-order valence-corrected chi connectivity index (χ3v) is 3.96. The van der Waals surface area contributed by atoms with Crippen LogP contribution in [0.4, 0.5) is 11.4 Å². The van der Waals surface area contributed by atoms with Crippen molar-refractivity contribution in [3.63, 3.8) is 0 Å². The van der Waals surface area contributed by atoms with E-state index in [0.29, 0.717) is 17.2 Å². The zero-order valence-electron chi connectivity index (χ0n) is 13.8. The van der Waals surface area contributed by atoms with Crippen molar-refractivity contribution in [3.05, 3.63) is 68.5 Å². The fourth-order valence-electron chi connectivity index (χ4n) is 2.42. The number of carbonyl (C=O) groups is 1. The van der Waals surface area contributed by atoms with Gasteiger partial charge in [0.05, 0.1) is 10.6 Å². The highest BCUT2D eigenvalue weighted by atomic mass is 35.5. The van der Waals surface area contributed by atoms with Crippen LogP contribution in [0.5, 0.6) is 0 Å². The minimum Gasteiger partial charge on any atom is -0.322 e. The van der Waals surface area contributed by atoms with Gasteiger partial charge in [0.1, 0.15) is 5.56 Å². The van der Waals surface area contributed by atoms with Gasteiger partial charge in [-0.25, -0.2) is 0 Å². The number of aryl methyl sites for hydroxylation is 2. The minimum atomic E-state index is -0.647. The first-order chi connectivity index (χ1) is 12.4. The summed E-state index contributed by atoms with van der Waals surface area (Å²) in [7, 11) is 0. The molecule has 132 valence electrons. The highest BCUT2D eigenvalue weighted by molar-refractivity contribution is 6.31. The number of hydrogen-bond acceptors (Lipinski definition) is 6. The summed E-state index contributed by atoms with van der Waals surface area (Å²) in [5.41, 5.74) is 1.60. The van der Waals surface area contributed by atoms with Crippen LogP contribution in [0.2, 0.25) is 5.02 Å². The largest absolute Gasteiger partial charge is 0.322 e. The number of nitro groups is 1. The van der Waals surface area contributed by atoms with Crippen molar-refractivity contribution in [2.24, 2.45) is 0 Å². The van der Waals surface area contributed by atoms with Crippen LogP contribution in [-0.4, -0.2) is 31.0 Å². The highest BCUT2D eigenvalue weighted by Crippen LogP contribution is 2.25. The first kappa shape index (κ1) is 17.5. The molecule has 0 spiro atoms. The van der Waals surface area contributed by atoms with Gasteiger partial charge in [-0.3, -0.25) is 14.9 Å². The summed E-state index contributed by atoms with van der Waals surface area (Å²) in [4.78, 5) is 23.0. The zero-order chi connectivity index (χ0) is 18.8. The molecule has 3 rings (SSSR count). The quantitative estimate of drug-likeness (QED) is 0.555. The Morgan fingerprint density at radius 1 is 1.23 bits per heavy atom. The van der Waals surface area contributed by atoms with E-state index in [-0.39, 0.29) is 16.3 Å². The van der Waals surface area contributed by atoms with Crippen LogP contribution in [0.25, 0.3) is 5.69 Å². The van der Waals surface area contributed by atoms with E-state index in [4.69, 9.17) is 11.6 Å². The normalized spacial score (nSPS) is 10.6. The summed E-state index contributed by atoms with van der Waals surface area (Å²) in [6.45, 7) is 3.63. The maximum absolute atomic E-state index is 12.5. The molecule has 9 nitrogen and oxygen atoms in total. The number of tetrazole rings is 1. The summed E-state index contributed by atoms with van der Waals surface area (Å²) in [6.07, 6.45) is 0. The first-order valence-electron chi connectivity index (χ1n) is 7.48. The summed E-state index contributed by atoms with van der Waals surface area (Å²) in [5.74, 6) is -0.0264. The molecule has 1 amide bonds. The van der Waals surface area contributed by atoms with Gasteiger partial charge < -0.3 is 5.32 Å². The van der Waals surface area contributed by atoms with Gasteiger partial charge in [0, 0.05) is 16.8 Å². The molecule has 0 fully saturated rings. The summed E-state index contributed by atoms with van der Waals surface area (Å²) in [5, 5.41) is 25.4. The van der Waals surface area contributed by atoms with Gasteiger partial charge >= 0.3 is 0 Å². The molecule has 1 N–H and O–H groups in total. The van der Waals surface area contributed by atoms with Crippen molar-refractivity contribution in [3.8, 4) is 5.69 Å². The summed E-state index contributed by atoms with van der Waals surface area (Å²) in [6, 6.07) is 9.06. The Hall–Kier alpha value is -3.33. The van der Waals surface area contributed by atoms with Crippen LogP contribution in [0.1, 0.15) is 21.7 Å². The maximum Gasteiger partial charge on any atom is 0.283 e. The van der Waals surface area contributed by atoms with E-state index in [1.165, 1.54) is 16.8 Å². The topological polar surface area (TPSA) is 116 Å². The molecule has 10 heteroatoms. The van der Waals surface area contributed by atoms with E-state index in [0.717, 1.165) is 11.6 Å². The highest BCUT2D eigenvalue weighted by Gasteiger charge is 2.21. The monoisotopic (exact) mass is 372 g/mol. The van der Waals surface area contributed by atoms with Gasteiger partial charge in [-0.1, -0.05) is 17.7 Å². The lowest BCUT2D eigenvalue weighted by molar-refractivity contribution is -0.385. The minimum absolute atomic E-state index is 0.0832. The van der Waals surface area contributed by atoms with Crippen molar-refractivity contribution >= 4 is 28.9 Å². The second-order valence-electron chi connectivity index (χ2n) is 5.51. The van der Waals surface area contributed by atoms with Crippen LogP contribution in [-0.2, 0) is 0 Å². The van der Waals surface area contributed by atoms with Crippen molar-refractivity contribution < 1.29 is 9.72 Å². The molecule has 0 unspecified atom stereocenters. The standard InChI is InChI=1S/C16H13ClN6O3/c1-9-3-5-12(8-14(9)22-10(2)19-20-21-22)18-16(24)13-6-4-11(17)7-15(13)23(25)26/h3-8H,1-2H3,(H,18,24). The number of rotatable bonds is 4. The molecule has 2 aromatic carbocycles. The second kappa shape index (κ2) is 6.89. The molecule has 0 bridgehead atoms. The molecule has 0 radical (unpaired) electrons. The van der Waals surface area contributed by atoms with E-state index < -0.39 is 10.8 Å². The van der Waals surface area contributed by atoms with E-state index in [2.05, 4.69) is 20.8 Å². The fraction of sp³-hybridized carbons (Fsp3) is 0.125. The Morgan fingerprint density at radius 2 is 2.00 bits per heavy atom. The molecule has 1 aromatic heterocycles. The van der Waals surface area contributed by atoms with Crippen LogP contribution in [0.3, 0.4) is 0 Å². The second-order valence-corrected chi connectivity index (χ2v) is 5.95. The lowest BCUT2D eigenvalue weighted by atomic mass is 10.1. The van der Waals surface area contributed by atoms with Gasteiger partial charge in [-0.15, -0.1) is 5.10 Å². The molecule has 0 atom stereocenters. The Kier molecular flexibility index (Phi) is 4.63. The summed E-state index contributed by atoms with van der Waals surface area (Å²) >= 11 is 5.78. The predicted octanol–water partition coefficient (Wildman–Crippen LogP) is 3.09. The van der Waals surface area contributed by atoms with Crippen molar-refractivity contribution in [2.75, 3.05) is 5.32 Å². The number of anilines is 1. The van der Waals surface area contributed by atoms with E-state index in [9.17, 15) is 14.9 Å². The number of amides is 1. The van der Waals surface area contributed by atoms with Crippen molar-refractivity contribution in [1.29, 1.82) is 0 Å². The van der Waals surface area contributed by atoms with Crippen LogP contribution < -0.4 is 5.32 Å². The Labute approximate surface area is 152 Å². The lowest BCUT2D eigenvalue weighted by Crippen LogP contribution is -2.14. The Bertz CT molecular complexity index is 1020. The number of nitrogens with one attached hydrogen (secondary N) is 1. The smallest absolute Gasteiger partial charge is 0.283 e. The average Bonchev–Trinajstić information content (AvgIpc) is 3.02. The molecule has 0 saturated heterocycles. The maximum atomic E-state index is 12.5. The predicted molar refractivity (Wildman–Crippen MR) is 94.7 cm³/mol. The number of nitrogens with zero attached hydrogens (tertiary/aromatic N) is 5. The number of carbonyl (C=O) groups excluding carboxylic acids is 1. The molecule has 1 heterocycles. The van der Waals surface area contributed by atoms with Crippen LogP contribution in [0, 0.1) is 24.0 Å². The SMILES string of the molecule is Cc1ccc(NC(=O)c2ccc(Cl)cc2[N+](=O)[O-])cc1-n1nnnc1C. The Balaban J connectivity index is 1.94. The van der Waals surface area contributed by atoms with Crippen LogP contribution >= 0.6 is 11.6 Å². The number of benzene rings is 2.